The van der Waals surface area contributed by atoms with E-state index in [9.17, 15) is 4.79 Å². The number of aromatic nitrogens is 1. The Balaban J connectivity index is 1.93. The fourth-order valence-corrected chi connectivity index (χ4v) is 3.62. The third kappa shape index (κ3) is 4.63. The molecule has 1 aromatic heterocycles. The highest BCUT2D eigenvalue weighted by Gasteiger charge is 2.26. The van der Waals surface area contributed by atoms with Gasteiger partial charge in [0.1, 0.15) is 5.69 Å². The van der Waals surface area contributed by atoms with Crippen LogP contribution in [0.3, 0.4) is 0 Å². The van der Waals surface area contributed by atoms with Crippen LogP contribution in [-0.2, 0) is 0 Å². The zero-order valence-corrected chi connectivity index (χ0v) is 13.7. The van der Waals surface area contributed by atoms with E-state index in [0.717, 1.165) is 25.1 Å². The van der Waals surface area contributed by atoms with Crippen LogP contribution in [0.15, 0.2) is 18.3 Å². The molecule has 4 nitrogen and oxygen atoms in total. The van der Waals surface area contributed by atoms with Crippen LogP contribution in [0.1, 0.15) is 49.5 Å². The molecule has 0 saturated heterocycles. The molecular formula is C16H25N3OS. The molecule has 2 atom stereocenters. The van der Waals surface area contributed by atoms with E-state index in [-0.39, 0.29) is 11.9 Å². The van der Waals surface area contributed by atoms with Crippen LogP contribution in [0.2, 0.25) is 0 Å². The van der Waals surface area contributed by atoms with E-state index in [4.69, 9.17) is 0 Å². The molecule has 116 valence electrons. The van der Waals surface area contributed by atoms with Crippen molar-refractivity contribution in [1.29, 1.82) is 0 Å². The summed E-state index contributed by atoms with van der Waals surface area (Å²) in [5.41, 5.74) is 1.47. The Morgan fingerprint density at radius 1 is 1.38 bits per heavy atom. The molecule has 2 unspecified atom stereocenters. The standard InChI is InChI=1S/C16H25N3OS/c1-3-10-17-12-8-9-14(18-11-12)16(20)19-13-6-4-5-7-15(13)21-2/h8-9,11,13,15,17H,3-7,10H2,1-2H3,(H,19,20). The number of rotatable bonds is 6. The maximum absolute atomic E-state index is 12.3. The van der Waals surface area contributed by atoms with E-state index < -0.39 is 0 Å². The van der Waals surface area contributed by atoms with E-state index in [1.54, 1.807) is 12.3 Å². The molecule has 5 heteroatoms. The summed E-state index contributed by atoms with van der Waals surface area (Å²) in [6.45, 7) is 3.04. The summed E-state index contributed by atoms with van der Waals surface area (Å²) < 4.78 is 0. The van der Waals surface area contributed by atoms with Gasteiger partial charge >= 0.3 is 0 Å². The molecule has 1 amide bonds. The third-order valence-electron chi connectivity index (χ3n) is 3.90. The SMILES string of the molecule is CCCNc1ccc(C(=O)NC2CCCCC2SC)nc1. The first-order chi connectivity index (χ1) is 10.2. The van der Waals surface area contributed by atoms with Crippen LogP contribution in [0.4, 0.5) is 5.69 Å². The minimum absolute atomic E-state index is 0.0528. The highest BCUT2D eigenvalue weighted by atomic mass is 32.2. The van der Waals surface area contributed by atoms with Crippen molar-refractivity contribution in [3.63, 3.8) is 0 Å². The summed E-state index contributed by atoms with van der Waals surface area (Å²) in [6.07, 6.45) is 9.68. The maximum atomic E-state index is 12.3. The van der Waals surface area contributed by atoms with Gasteiger partial charge in [0.15, 0.2) is 0 Å². The number of carbonyl (C=O) groups is 1. The molecule has 0 aromatic carbocycles. The highest BCUT2D eigenvalue weighted by Crippen LogP contribution is 2.27. The molecule has 2 rings (SSSR count). The molecule has 1 saturated carbocycles. The zero-order chi connectivity index (χ0) is 15.1. The molecule has 1 aromatic rings. The van der Waals surface area contributed by atoms with Crippen molar-refractivity contribution < 1.29 is 4.79 Å². The van der Waals surface area contributed by atoms with Crippen molar-refractivity contribution in [1.82, 2.24) is 10.3 Å². The van der Waals surface area contributed by atoms with E-state index >= 15 is 0 Å². The molecule has 0 radical (unpaired) electrons. The number of nitrogens with one attached hydrogen (secondary N) is 2. The van der Waals surface area contributed by atoms with Crippen molar-refractivity contribution in [2.24, 2.45) is 0 Å². The van der Waals surface area contributed by atoms with Gasteiger partial charge in [0.05, 0.1) is 11.9 Å². The summed E-state index contributed by atoms with van der Waals surface area (Å²) in [5, 5.41) is 6.95. The number of pyridine rings is 1. The summed E-state index contributed by atoms with van der Waals surface area (Å²) in [6, 6.07) is 4.00. The van der Waals surface area contributed by atoms with Crippen molar-refractivity contribution in [3.8, 4) is 0 Å². The average molecular weight is 307 g/mol. The van der Waals surface area contributed by atoms with Crippen molar-refractivity contribution >= 4 is 23.4 Å². The Bertz CT molecular complexity index is 449. The normalized spacial score (nSPS) is 21.8. The highest BCUT2D eigenvalue weighted by molar-refractivity contribution is 7.99. The topological polar surface area (TPSA) is 54.0 Å². The molecule has 1 aliphatic carbocycles. The summed E-state index contributed by atoms with van der Waals surface area (Å²) in [4.78, 5) is 16.6. The number of thioether (sulfide) groups is 1. The lowest BCUT2D eigenvalue weighted by atomic mass is 9.95. The largest absolute Gasteiger partial charge is 0.384 e. The van der Waals surface area contributed by atoms with Gasteiger partial charge in [-0.05, 0) is 37.7 Å². The number of anilines is 1. The Morgan fingerprint density at radius 2 is 2.19 bits per heavy atom. The first kappa shape index (κ1) is 16.1. The molecular weight excluding hydrogens is 282 g/mol. The van der Waals surface area contributed by atoms with Gasteiger partial charge in [-0.1, -0.05) is 19.8 Å². The van der Waals surface area contributed by atoms with Gasteiger partial charge < -0.3 is 10.6 Å². The van der Waals surface area contributed by atoms with Crippen molar-refractivity contribution in [2.75, 3.05) is 18.1 Å². The van der Waals surface area contributed by atoms with Crippen LogP contribution < -0.4 is 10.6 Å². The predicted molar refractivity (Wildman–Crippen MR) is 90.0 cm³/mol. The second kappa shape index (κ2) is 8.27. The summed E-state index contributed by atoms with van der Waals surface area (Å²) >= 11 is 1.86. The van der Waals surface area contributed by atoms with Crippen LogP contribution >= 0.6 is 11.8 Å². The van der Waals surface area contributed by atoms with Gasteiger partial charge in [-0.15, -0.1) is 0 Å². The second-order valence-corrected chi connectivity index (χ2v) is 6.57. The molecule has 1 aliphatic rings. The van der Waals surface area contributed by atoms with E-state index in [1.165, 1.54) is 19.3 Å². The molecule has 1 fully saturated rings. The van der Waals surface area contributed by atoms with Gasteiger partial charge in [0, 0.05) is 17.8 Å². The summed E-state index contributed by atoms with van der Waals surface area (Å²) in [5.74, 6) is -0.0528. The lowest BCUT2D eigenvalue weighted by molar-refractivity contribution is 0.0924. The quantitative estimate of drug-likeness (QED) is 0.846. The molecule has 2 N–H and O–H groups in total. The van der Waals surface area contributed by atoms with Gasteiger partial charge in [0.2, 0.25) is 0 Å². The first-order valence-electron chi connectivity index (χ1n) is 7.78. The molecule has 0 aliphatic heterocycles. The number of hydrogen-bond donors (Lipinski definition) is 2. The minimum atomic E-state index is -0.0528. The first-order valence-corrected chi connectivity index (χ1v) is 9.07. The summed E-state index contributed by atoms with van der Waals surface area (Å²) in [7, 11) is 0. The lowest BCUT2D eigenvalue weighted by Gasteiger charge is -2.30. The van der Waals surface area contributed by atoms with Crippen molar-refractivity contribution in [2.45, 2.75) is 50.3 Å². The number of amides is 1. The number of nitrogens with zero attached hydrogens (tertiary/aromatic N) is 1. The smallest absolute Gasteiger partial charge is 0.270 e. The number of carbonyl (C=O) groups excluding carboxylic acids is 1. The Kier molecular flexibility index (Phi) is 6.36. The van der Waals surface area contributed by atoms with Gasteiger partial charge in [-0.25, -0.2) is 4.98 Å². The average Bonchev–Trinajstić information content (AvgIpc) is 2.54. The monoisotopic (exact) mass is 307 g/mol. The fraction of sp³-hybridized carbons (Fsp3) is 0.625. The second-order valence-electron chi connectivity index (χ2n) is 5.50. The maximum Gasteiger partial charge on any atom is 0.270 e. The lowest BCUT2D eigenvalue weighted by Crippen LogP contribution is -2.43. The third-order valence-corrected chi connectivity index (χ3v) is 5.07. The minimum Gasteiger partial charge on any atom is -0.384 e. The van der Waals surface area contributed by atoms with Crippen LogP contribution in [0.25, 0.3) is 0 Å². The molecule has 1 heterocycles. The Labute approximate surface area is 131 Å². The molecule has 0 spiro atoms. The molecule has 0 bridgehead atoms. The zero-order valence-electron chi connectivity index (χ0n) is 12.9. The molecule has 21 heavy (non-hydrogen) atoms. The van der Waals surface area contributed by atoms with E-state index in [2.05, 4.69) is 28.8 Å². The fourth-order valence-electron chi connectivity index (χ4n) is 2.69. The van der Waals surface area contributed by atoms with E-state index in [1.807, 2.05) is 17.8 Å². The van der Waals surface area contributed by atoms with Crippen LogP contribution in [-0.4, -0.2) is 35.0 Å². The van der Waals surface area contributed by atoms with Crippen molar-refractivity contribution in [3.05, 3.63) is 24.0 Å². The van der Waals surface area contributed by atoms with Gasteiger partial charge in [-0.2, -0.15) is 11.8 Å². The van der Waals surface area contributed by atoms with E-state index in [0.29, 0.717) is 10.9 Å². The number of hydrogen-bond acceptors (Lipinski definition) is 4. The van der Waals surface area contributed by atoms with Crippen LogP contribution in [0.5, 0.6) is 0 Å². The predicted octanol–water partition coefficient (Wildman–Crippen LogP) is 3.31. The van der Waals surface area contributed by atoms with Gasteiger partial charge in [0.25, 0.3) is 5.91 Å². The van der Waals surface area contributed by atoms with Crippen LogP contribution in [0, 0.1) is 0 Å². The van der Waals surface area contributed by atoms with Gasteiger partial charge in [-0.3, -0.25) is 4.79 Å². The Hall–Kier alpha value is -1.23. The Morgan fingerprint density at radius 3 is 2.86 bits per heavy atom.